The van der Waals surface area contributed by atoms with E-state index >= 15 is 0 Å². The highest BCUT2D eigenvalue weighted by Crippen LogP contribution is 2.14. The summed E-state index contributed by atoms with van der Waals surface area (Å²) >= 11 is 0. The normalized spacial score (nSPS) is 12.1. The summed E-state index contributed by atoms with van der Waals surface area (Å²) in [5.74, 6) is 0.988. The molecule has 0 amide bonds. The number of ether oxygens (including phenoxy) is 1. The largest absolute Gasteiger partial charge is 0.494 e. The minimum Gasteiger partial charge on any atom is -0.494 e. The van der Waals surface area contributed by atoms with Gasteiger partial charge in [0.05, 0.1) is 6.61 Å². The Balaban J connectivity index is 2.19. The molecule has 1 aromatic rings. The van der Waals surface area contributed by atoms with Crippen molar-refractivity contribution in [2.24, 2.45) is 0 Å². The highest BCUT2D eigenvalue weighted by Gasteiger charge is 2.01. The summed E-state index contributed by atoms with van der Waals surface area (Å²) in [5, 5.41) is 3.45. The molecule has 2 heteroatoms. The molecular weight excluding hydrogens is 258 g/mol. The molecule has 0 spiro atoms. The van der Waals surface area contributed by atoms with Crippen LogP contribution in [0.25, 0.3) is 0 Å². The lowest BCUT2D eigenvalue weighted by molar-refractivity contribution is 0.305. The fourth-order valence-electron chi connectivity index (χ4n) is 2.34. The van der Waals surface area contributed by atoms with Crippen LogP contribution in [0.1, 0.15) is 51.5 Å². The summed E-state index contributed by atoms with van der Waals surface area (Å²) in [6, 6.07) is 9.15. The fourth-order valence-corrected chi connectivity index (χ4v) is 2.34. The molecule has 21 heavy (non-hydrogen) atoms. The van der Waals surface area contributed by atoms with Crippen LogP contribution in [-0.2, 0) is 6.42 Å². The van der Waals surface area contributed by atoms with Gasteiger partial charge in [-0.05, 0) is 69.7 Å². The van der Waals surface area contributed by atoms with Crippen LogP contribution >= 0.6 is 0 Å². The Morgan fingerprint density at radius 2 is 1.95 bits per heavy atom. The monoisotopic (exact) mass is 289 g/mol. The van der Waals surface area contributed by atoms with E-state index in [4.69, 9.17) is 4.74 Å². The van der Waals surface area contributed by atoms with Crippen molar-refractivity contribution in [3.63, 3.8) is 0 Å². The van der Waals surface area contributed by atoms with Crippen LogP contribution in [0.4, 0.5) is 0 Å². The standard InChI is InChI=1S/C19H31NO/c1-4-6-7-8-9-16-21-19-14-12-18(13-15-19)11-10-17(3)20-5-2/h4,12-15,17,20H,1,5-11,16H2,2-3H3. The number of unbranched alkanes of at least 4 members (excludes halogenated alkanes) is 3. The first kappa shape index (κ1) is 17.8. The van der Waals surface area contributed by atoms with E-state index in [0.29, 0.717) is 6.04 Å². The highest BCUT2D eigenvalue weighted by atomic mass is 16.5. The van der Waals surface area contributed by atoms with E-state index in [1.54, 1.807) is 0 Å². The summed E-state index contributed by atoms with van der Waals surface area (Å²) < 4.78 is 5.77. The lowest BCUT2D eigenvalue weighted by Gasteiger charge is -2.12. The molecule has 1 atom stereocenters. The fraction of sp³-hybridized carbons (Fsp3) is 0.579. The van der Waals surface area contributed by atoms with Gasteiger partial charge in [0, 0.05) is 6.04 Å². The number of rotatable bonds is 12. The highest BCUT2D eigenvalue weighted by molar-refractivity contribution is 5.27. The third-order valence-electron chi connectivity index (χ3n) is 3.66. The van der Waals surface area contributed by atoms with Crippen LogP contribution in [0, 0.1) is 0 Å². The SMILES string of the molecule is C=CCCCCCOc1ccc(CCC(C)NCC)cc1. The molecule has 1 rings (SSSR count). The van der Waals surface area contributed by atoms with Gasteiger partial charge in [-0.2, -0.15) is 0 Å². The number of nitrogens with one attached hydrogen (secondary N) is 1. The van der Waals surface area contributed by atoms with Crippen molar-refractivity contribution < 1.29 is 4.74 Å². The molecule has 0 aromatic heterocycles. The topological polar surface area (TPSA) is 21.3 Å². The van der Waals surface area contributed by atoms with Gasteiger partial charge in [-0.1, -0.05) is 25.1 Å². The molecule has 0 fully saturated rings. The second-order valence-electron chi connectivity index (χ2n) is 5.63. The lowest BCUT2D eigenvalue weighted by Crippen LogP contribution is -2.25. The van der Waals surface area contributed by atoms with Gasteiger partial charge >= 0.3 is 0 Å². The van der Waals surface area contributed by atoms with Crippen molar-refractivity contribution in [1.29, 1.82) is 0 Å². The first-order valence-corrected chi connectivity index (χ1v) is 8.32. The molecular formula is C19H31NO. The molecule has 0 aliphatic carbocycles. The van der Waals surface area contributed by atoms with Crippen molar-refractivity contribution in [3.05, 3.63) is 42.5 Å². The average Bonchev–Trinajstić information content (AvgIpc) is 2.50. The quantitative estimate of drug-likeness (QED) is 0.443. The third kappa shape index (κ3) is 8.56. The average molecular weight is 289 g/mol. The summed E-state index contributed by atoms with van der Waals surface area (Å²) in [6.07, 6.45) is 8.95. The Hall–Kier alpha value is -1.28. The van der Waals surface area contributed by atoms with Crippen LogP contribution < -0.4 is 10.1 Å². The second kappa shape index (κ2) is 11.4. The van der Waals surface area contributed by atoms with Gasteiger partial charge in [0.15, 0.2) is 0 Å². The lowest BCUT2D eigenvalue weighted by atomic mass is 10.1. The van der Waals surface area contributed by atoms with Gasteiger partial charge in [0.1, 0.15) is 5.75 Å². The molecule has 0 saturated heterocycles. The number of benzene rings is 1. The predicted octanol–water partition coefficient (Wildman–Crippen LogP) is 4.74. The molecule has 118 valence electrons. The Kier molecular flexibility index (Phi) is 9.64. The van der Waals surface area contributed by atoms with E-state index in [1.165, 1.54) is 24.8 Å². The van der Waals surface area contributed by atoms with Crippen molar-refractivity contribution in [2.75, 3.05) is 13.2 Å². The van der Waals surface area contributed by atoms with Gasteiger partial charge in [-0.3, -0.25) is 0 Å². The zero-order valence-corrected chi connectivity index (χ0v) is 13.7. The van der Waals surface area contributed by atoms with E-state index in [-0.39, 0.29) is 0 Å². The molecule has 0 aliphatic rings. The van der Waals surface area contributed by atoms with Gasteiger partial charge in [-0.25, -0.2) is 0 Å². The van der Waals surface area contributed by atoms with Crippen LogP contribution in [0.2, 0.25) is 0 Å². The summed E-state index contributed by atoms with van der Waals surface area (Å²) in [5.41, 5.74) is 1.39. The maximum atomic E-state index is 5.77. The van der Waals surface area contributed by atoms with Crippen molar-refractivity contribution in [2.45, 2.75) is 58.4 Å². The molecule has 1 aromatic carbocycles. The van der Waals surface area contributed by atoms with Crippen LogP contribution in [0.15, 0.2) is 36.9 Å². The zero-order valence-electron chi connectivity index (χ0n) is 13.7. The number of allylic oxidation sites excluding steroid dienone is 1. The molecule has 0 radical (unpaired) electrons. The molecule has 1 unspecified atom stereocenters. The Labute approximate surface area is 130 Å². The predicted molar refractivity (Wildman–Crippen MR) is 92.1 cm³/mol. The smallest absolute Gasteiger partial charge is 0.119 e. The zero-order chi connectivity index (χ0) is 15.3. The molecule has 0 aliphatic heterocycles. The minimum absolute atomic E-state index is 0.585. The van der Waals surface area contributed by atoms with Gasteiger partial charge in [0.25, 0.3) is 0 Å². The van der Waals surface area contributed by atoms with E-state index in [2.05, 4.69) is 50.0 Å². The van der Waals surface area contributed by atoms with Crippen LogP contribution in [0.5, 0.6) is 5.75 Å². The van der Waals surface area contributed by atoms with Gasteiger partial charge < -0.3 is 10.1 Å². The molecule has 1 N–H and O–H groups in total. The summed E-state index contributed by atoms with van der Waals surface area (Å²) in [4.78, 5) is 0. The van der Waals surface area contributed by atoms with Crippen LogP contribution in [0.3, 0.4) is 0 Å². The van der Waals surface area contributed by atoms with E-state index < -0.39 is 0 Å². The van der Waals surface area contributed by atoms with Gasteiger partial charge in [0.2, 0.25) is 0 Å². The number of aryl methyl sites for hydroxylation is 1. The molecule has 0 bridgehead atoms. The van der Waals surface area contributed by atoms with Crippen molar-refractivity contribution in [1.82, 2.24) is 5.32 Å². The van der Waals surface area contributed by atoms with E-state index in [1.807, 2.05) is 6.08 Å². The molecule has 0 saturated carbocycles. The molecule has 0 heterocycles. The van der Waals surface area contributed by atoms with Gasteiger partial charge in [-0.15, -0.1) is 6.58 Å². The first-order chi connectivity index (χ1) is 10.3. The van der Waals surface area contributed by atoms with Crippen LogP contribution in [-0.4, -0.2) is 19.2 Å². The third-order valence-corrected chi connectivity index (χ3v) is 3.66. The summed E-state index contributed by atoms with van der Waals surface area (Å²) in [6.45, 7) is 9.99. The van der Waals surface area contributed by atoms with Crippen molar-refractivity contribution in [3.8, 4) is 5.75 Å². The molecule has 2 nitrogen and oxygen atoms in total. The Morgan fingerprint density at radius 3 is 2.62 bits per heavy atom. The maximum absolute atomic E-state index is 5.77. The minimum atomic E-state index is 0.585. The van der Waals surface area contributed by atoms with E-state index in [9.17, 15) is 0 Å². The first-order valence-electron chi connectivity index (χ1n) is 8.32. The maximum Gasteiger partial charge on any atom is 0.119 e. The van der Waals surface area contributed by atoms with Crippen molar-refractivity contribution >= 4 is 0 Å². The Morgan fingerprint density at radius 1 is 1.19 bits per heavy atom. The van der Waals surface area contributed by atoms with E-state index in [0.717, 1.165) is 38.2 Å². The summed E-state index contributed by atoms with van der Waals surface area (Å²) in [7, 11) is 0. The number of hydrogen-bond acceptors (Lipinski definition) is 2. The number of hydrogen-bond donors (Lipinski definition) is 1. The Bertz CT molecular complexity index is 372. The second-order valence-corrected chi connectivity index (χ2v) is 5.63.